The quantitative estimate of drug-likeness (QED) is 0.231. The molecular weight excluding hydrogens is 376 g/mol. The third kappa shape index (κ3) is 19.9. The number of ether oxygens (including phenoxy) is 3. The molecule has 0 heterocycles. The lowest BCUT2D eigenvalue weighted by atomic mass is 9.98. The lowest BCUT2D eigenvalue weighted by Crippen LogP contribution is -2.28. The number of nitrogens with two attached hydrogens (primary N) is 1. The molecule has 1 atom stereocenters. The number of aliphatic carboxylic acids is 1. The number of amides is 1. The summed E-state index contributed by atoms with van der Waals surface area (Å²) in [6.45, 7) is 6.29. The number of carbonyl (C=O) groups is 2. The Morgan fingerprint density at radius 2 is 1.52 bits per heavy atom. The summed E-state index contributed by atoms with van der Waals surface area (Å²) in [5.74, 6) is -1.38. The molecule has 1 amide bonds. The molecule has 0 aromatic heterocycles. The number of nitrogens with one attached hydrogen (secondary N) is 1. The molecule has 0 spiro atoms. The van der Waals surface area contributed by atoms with Gasteiger partial charge in [0.1, 0.15) is 0 Å². The molecule has 172 valence electrons. The molecule has 0 rings (SSSR count). The van der Waals surface area contributed by atoms with E-state index in [2.05, 4.69) is 12.2 Å². The van der Waals surface area contributed by atoms with E-state index < -0.39 is 11.9 Å². The Morgan fingerprint density at radius 3 is 2.14 bits per heavy atom. The SMILES string of the molecule is CCCCCCOCCOCCOCCC(=O)NCCC(CCCCN)C(=O)O. The van der Waals surface area contributed by atoms with Crippen LogP contribution >= 0.6 is 0 Å². The van der Waals surface area contributed by atoms with Gasteiger partial charge in [-0.25, -0.2) is 0 Å². The summed E-state index contributed by atoms with van der Waals surface area (Å²) in [5, 5.41) is 11.9. The van der Waals surface area contributed by atoms with Gasteiger partial charge in [0.25, 0.3) is 0 Å². The van der Waals surface area contributed by atoms with Gasteiger partial charge in [0, 0.05) is 19.6 Å². The third-order valence-electron chi connectivity index (χ3n) is 4.53. The lowest BCUT2D eigenvalue weighted by molar-refractivity contribution is -0.142. The summed E-state index contributed by atoms with van der Waals surface area (Å²) in [7, 11) is 0. The van der Waals surface area contributed by atoms with Crippen LogP contribution in [0.4, 0.5) is 0 Å². The number of carboxylic acid groups (broad SMARTS) is 1. The van der Waals surface area contributed by atoms with Crippen molar-refractivity contribution in [3.05, 3.63) is 0 Å². The average Bonchev–Trinajstić information content (AvgIpc) is 2.70. The average molecular weight is 419 g/mol. The second kappa shape index (κ2) is 21.5. The van der Waals surface area contributed by atoms with Crippen molar-refractivity contribution in [2.24, 2.45) is 11.7 Å². The molecule has 0 aromatic carbocycles. The van der Waals surface area contributed by atoms with Crippen molar-refractivity contribution < 1.29 is 28.9 Å². The van der Waals surface area contributed by atoms with Crippen LogP contribution in [0.15, 0.2) is 0 Å². The summed E-state index contributed by atoms with van der Waals surface area (Å²) in [6, 6.07) is 0. The first-order valence-electron chi connectivity index (χ1n) is 11.0. The monoisotopic (exact) mass is 418 g/mol. The van der Waals surface area contributed by atoms with Crippen LogP contribution < -0.4 is 11.1 Å². The van der Waals surface area contributed by atoms with Crippen LogP contribution in [0.1, 0.15) is 64.7 Å². The fourth-order valence-electron chi connectivity index (χ4n) is 2.74. The van der Waals surface area contributed by atoms with Crippen LogP contribution in [0.3, 0.4) is 0 Å². The second-order valence-corrected chi connectivity index (χ2v) is 7.11. The molecule has 1 unspecified atom stereocenters. The molecule has 0 aliphatic carbocycles. The smallest absolute Gasteiger partial charge is 0.306 e. The van der Waals surface area contributed by atoms with Crippen molar-refractivity contribution in [2.75, 3.05) is 52.7 Å². The molecule has 0 aromatic rings. The maximum Gasteiger partial charge on any atom is 0.306 e. The molecular formula is C21H42N2O6. The van der Waals surface area contributed by atoms with Gasteiger partial charge in [-0.15, -0.1) is 0 Å². The molecule has 0 saturated carbocycles. The minimum absolute atomic E-state index is 0.131. The first kappa shape index (κ1) is 27.8. The minimum atomic E-state index is -0.818. The third-order valence-corrected chi connectivity index (χ3v) is 4.53. The van der Waals surface area contributed by atoms with Crippen molar-refractivity contribution in [2.45, 2.75) is 64.7 Å². The Morgan fingerprint density at radius 1 is 0.862 bits per heavy atom. The highest BCUT2D eigenvalue weighted by atomic mass is 16.5. The highest BCUT2D eigenvalue weighted by Gasteiger charge is 2.16. The number of unbranched alkanes of at least 4 members (excludes halogenated alkanes) is 4. The van der Waals surface area contributed by atoms with E-state index in [-0.39, 0.29) is 12.3 Å². The molecule has 0 bridgehead atoms. The fourth-order valence-corrected chi connectivity index (χ4v) is 2.74. The number of hydrogen-bond donors (Lipinski definition) is 3. The summed E-state index contributed by atoms with van der Waals surface area (Å²) in [6.07, 6.45) is 7.70. The highest BCUT2D eigenvalue weighted by molar-refractivity contribution is 5.76. The van der Waals surface area contributed by atoms with Gasteiger partial charge >= 0.3 is 5.97 Å². The molecule has 4 N–H and O–H groups in total. The van der Waals surface area contributed by atoms with Crippen molar-refractivity contribution in [3.8, 4) is 0 Å². The van der Waals surface area contributed by atoms with Gasteiger partial charge in [-0.1, -0.05) is 32.6 Å². The summed E-state index contributed by atoms with van der Waals surface area (Å²) in [4.78, 5) is 22.9. The topological polar surface area (TPSA) is 120 Å². The predicted molar refractivity (Wildman–Crippen MR) is 113 cm³/mol. The first-order chi connectivity index (χ1) is 14.1. The van der Waals surface area contributed by atoms with E-state index in [0.717, 1.165) is 25.9 Å². The van der Waals surface area contributed by atoms with Crippen molar-refractivity contribution in [1.29, 1.82) is 0 Å². The van der Waals surface area contributed by atoms with Crippen LogP contribution in [0, 0.1) is 5.92 Å². The van der Waals surface area contributed by atoms with Gasteiger partial charge < -0.3 is 30.4 Å². The summed E-state index contributed by atoms with van der Waals surface area (Å²) >= 11 is 0. The maximum absolute atomic E-state index is 11.8. The van der Waals surface area contributed by atoms with Gasteiger partial charge in [0.05, 0.1) is 39.0 Å². The zero-order valence-electron chi connectivity index (χ0n) is 18.2. The van der Waals surface area contributed by atoms with E-state index in [0.29, 0.717) is 59.0 Å². The van der Waals surface area contributed by atoms with Crippen LogP contribution in [0.5, 0.6) is 0 Å². The zero-order chi connectivity index (χ0) is 21.6. The van der Waals surface area contributed by atoms with Crippen LogP contribution in [0.2, 0.25) is 0 Å². The van der Waals surface area contributed by atoms with Crippen LogP contribution in [0.25, 0.3) is 0 Å². The maximum atomic E-state index is 11.8. The number of rotatable bonds is 22. The van der Waals surface area contributed by atoms with E-state index >= 15 is 0 Å². The zero-order valence-corrected chi connectivity index (χ0v) is 18.2. The minimum Gasteiger partial charge on any atom is -0.481 e. The number of carboxylic acids is 1. The van der Waals surface area contributed by atoms with Crippen LogP contribution in [-0.2, 0) is 23.8 Å². The Balaban J connectivity index is 3.43. The molecule has 29 heavy (non-hydrogen) atoms. The van der Waals surface area contributed by atoms with Crippen molar-refractivity contribution >= 4 is 11.9 Å². The Bertz CT molecular complexity index is 395. The van der Waals surface area contributed by atoms with Gasteiger partial charge in [0.15, 0.2) is 0 Å². The standard InChI is InChI=1S/C21H42N2O6/c1-2-3-4-7-13-27-15-17-29-18-16-28-14-10-20(24)23-12-9-19(21(25)26)8-5-6-11-22/h19H,2-18,22H2,1H3,(H,23,24)(H,25,26). The largest absolute Gasteiger partial charge is 0.481 e. The van der Waals surface area contributed by atoms with E-state index in [9.17, 15) is 14.7 Å². The molecule has 0 aliphatic rings. The first-order valence-corrected chi connectivity index (χ1v) is 11.0. The Labute approximate surface area is 175 Å². The molecule has 8 heteroatoms. The van der Waals surface area contributed by atoms with Crippen LogP contribution in [-0.4, -0.2) is 69.7 Å². The van der Waals surface area contributed by atoms with Crippen molar-refractivity contribution in [3.63, 3.8) is 0 Å². The molecule has 0 aliphatic heterocycles. The van der Waals surface area contributed by atoms with E-state index in [1.54, 1.807) is 0 Å². The number of carbonyl (C=O) groups excluding carboxylic acids is 1. The molecule has 8 nitrogen and oxygen atoms in total. The predicted octanol–water partition coefficient (Wildman–Crippen LogP) is 2.34. The van der Waals surface area contributed by atoms with Gasteiger partial charge in [-0.05, 0) is 32.2 Å². The molecule has 0 radical (unpaired) electrons. The Hall–Kier alpha value is -1.22. The van der Waals surface area contributed by atoms with E-state index in [1.807, 2.05) is 0 Å². The molecule has 0 fully saturated rings. The van der Waals surface area contributed by atoms with Gasteiger partial charge in [-0.3, -0.25) is 9.59 Å². The summed E-state index contributed by atoms with van der Waals surface area (Å²) < 4.78 is 16.3. The van der Waals surface area contributed by atoms with Gasteiger partial charge in [0.2, 0.25) is 5.91 Å². The lowest BCUT2D eigenvalue weighted by Gasteiger charge is -2.12. The Kier molecular flexibility index (Phi) is 20.6. The second-order valence-electron chi connectivity index (χ2n) is 7.11. The number of hydrogen-bond acceptors (Lipinski definition) is 6. The molecule has 0 saturated heterocycles. The van der Waals surface area contributed by atoms with E-state index in [1.165, 1.54) is 19.3 Å². The van der Waals surface area contributed by atoms with Crippen molar-refractivity contribution in [1.82, 2.24) is 5.32 Å². The van der Waals surface area contributed by atoms with E-state index in [4.69, 9.17) is 19.9 Å². The summed E-state index contributed by atoms with van der Waals surface area (Å²) in [5.41, 5.74) is 5.42. The normalized spacial score (nSPS) is 12.1. The van der Waals surface area contributed by atoms with Gasteiger partial charge in [-0.2, -0.15) is 0 Å². The fraction of sp³-hybridized carbons (Fsp3) is 0.905. The highest BCUT2D eigenvalue weighted by Crippen LogP contribution is 2.12.